The van der Waals surface area contributed by atoms with Crippen LogP contribution in [0.25, 0.3) is 61.4 Å². The van der Waals surface area contributed by atoms with Crippen LogP contribution >= 0.6 is 11.8 Å². The van der Waals surface area contributed by atoms with Crippen molar-refractivity contribution in [3.63, 3.8) is 0 Å². The summed E-state index contributed by atoms with van der Waals surface area (Å²) in [6.45, 7) is 2.27. The highest BCUT2D eigenvalue weighted by atomic mass is 32.2. The maximum Gasteiger partial charge on any atom is 0.0711 e. The Labute approximate surface area is 279 Å². The largest absolute Gasteiger partial charge is 0.309 e. The Morgan fingerprint density at radius 3 is 2.09 bits per heavy atom. The lowest BCUT2D eigenvalue weighted by atomic mass is 9.86. The van der Waals surface area contributed by atoms with Crippen molar-refractivity contribution in [2.45, 2.75) is 22.6 Å². The fraction of sp³-hybridized carbons (Fsp3) is 0.0682. The molecule has 9 rings (SSSR count). The van der Waals surface area contributed by atoms with Gasteiger partial charge in [0, 0.05) is 49.2 Å². The molecule has 2 nitrogen and oxygen atoms in total. The molecule has 5 aromatic carbocycles. The number of rotatable bonds is 4. The molecule has 0 radical (unpaired) electrons. The molecule has 0 amide bonds. The van der Waals surface area contributed by atoms with Crippen molar-refractivity contribution >= 4 is 22.7 Å². The predicted octanol–water partition coefficient (Wildman–Crippen LogP) is 12.0. The third-order valence-electron chi connectivity index (χ3n) is 9.52. The van der Waals surface area contributed by atoms with Gasteiger partial charge in [-0.1, -0.05) is 140 Å². The van der Waals surface area contributed by atoms with Crippen LogP contribution in [0.4, 0.5) is 0 Å². The predicted molar refractivity (Wildman–Crippen MR) is 197 cm³/mol. The van der Waals surface area contributed by atoms with E-state index in [1.807, 2.05) is 11.8 Å². The van der Waals surface area contributed by atoms with E-state index >= 15 is 0 Å². The summed E-state index contributed by atoms with van der Waals surface area (Å²) in [5.41, 5.74) is 13.0. The number of allylic oxidation sites excluding steroid dienone is 4. The molecule has 2 atom stereocenters. The second-order valence-electron chi connectivity index (χ2n) is 12.4. The highest BCUT2D eigenvalue weighted by Crippen LogP contribution is 2.52. The first-order valence-electron chi connectivity index (χ1n) is 16.3. The highest BCUT2D eigenvalue weighted by molar-refractivity contribution is 7.99. The molecular formula is C44H32N2S. The Balaban J connectivity index is 1.22. The monoisotopic (exact) mass is 620 g/mol. The van der Waals surface area contributed by atoms with E-state index in [2.05, 4.69) is 175 Å². The zero-order valence-corrected chi connectivity index (χ0v) is 26.9. The number of nitrogens with zero attached hydrogens (tertiary/aromatic N) is 2. The fourth-order valence-corrected chi connectivity index (χ4v) is 8.29. The molecule has 3 heterocycles. The van der Waals surface area contributed by atoms with Crippen LogP contribution in [0.2, 0.25) is 0 Å². The molecule has 1 aliphatic carbocycles. The lowest BCUT2D eigenvalue weighted by molar-refractivity contribution is 0.621. The van der Waals surface area contributed by atoms with E-state index in [-0.39, 0.29) is 5.92 Å². The van der Waals surface area contributed by atoms with Crippen LogP contribution in [0.5, 0.6) is 0 Å². The molecular weight excluding hydrogens is 589 g/mol. The van der Waals surface area contributed by atoms with Gasteiger partial charge in [-0.15, -0.1) is 0 Å². The van der Waals surface area contributed by atoms with Crippen LogP contribution in [0.3, 0.4) is 0 Å². The van der Waals surface area contributed by atoms with Gasteiger partial charge in [-0.3, -0.25) is 4.98 Å². The van der Waals surface area contributed by atoms with Gasteiger partial charge in [0.05, 0.1) is 16.9 Å². The van der Waals surface area contributed by atoms with Crippen molar-refractivity contribution in [1.82, 2.24) is 9.55 Å². The van der Waals surface area contributed by atoms with Crippen molar-refractivity contribution in [2.24, 2.45) is 5.92 Å². The van der Waals surface area contributed by atoms with E-state index in [9.17, 15) is 0 Å². The molecule has 2 unspecified atom stereocenters. The molecule has 2 aliphatic rings. The SMILES string of the molecule is CC1C=CC=CC1c1cc(-c2ccccc2)cc(-c2ccc(-n3c4c(c5ccccc53)-c3ccccc3Sc3ccccc3-4)cc2)n1. The van der Waals surface area contributed by atoms with Crippen LogP contribution in [0, 0.1) is 5.92 Å². The lowest BCUT2D eigenvalue weighted by Gasteiger charge is -2.21. The first kappa shape index (κ1) is 27.9. The first-order chi connectivity index (χ1) is 23.2. The minimum absolute atomic E-state index is 0.240. The van der Waals surface area contributed by atoms with Crippen molar-refractivity contribution in [3.05, 3.63) is 170 Å². The Bertz CT molecular complexity index is 2340. The number of aromatic nitrogens is 2. The smallest absolute Gasteiger partial charge is 0.0711 e. The molecule has 224 valence electrons. The molecule has 1 aliphatic heterocycles. The average molecular weight is 621 g/mol. The van der Waals surface area contributed by atoms with E-state index < -0.39 is 0 Å². The molecule has 3 heteroatoms. The van der Waals surface area contributed by atoms with Crippen LogP contribution < -0.4 is 0 Å². The van der Waals surface area contributed by atoms with Gasteiger partial charge >= 0.3 is 0 Å². The Morgan fingerprint density at radius 1 is 0.596 bits per heavy atom. The maximum absolute atomic E-state index is 5.29. The van der Waals surface area contributed by atoms with Gasteiger partial charge in [0.1, 0.15) is 0 Å². The quantitative estimate of drug-likeness (QED) is 0.195. The average Bonchev–Trinajstić information content (AvgIpc) is 3.39. The number of fused-ring (bicyclic) bond motifs is 7. The summed E-state index contributed by atoms with van der Waals surface area (Å²) in [5.74, 6) is 0.626. The summed E-state index contributed by atoms with van der Waals surface area (Å²) in [4.78, 5) is 7.85. The molecule has 2 aromatic heterocycles. The van der Waals surface area contributed by atoms with E-state index in [4.69, 9.17) is 4.98 Å². The minimum Gasteiger partial charge on any atom is -0.309 e. The Kier molecular flexibility index (Phi) is 6.80. The van der Waals surface area contributed by atoms with Crippen molar-refractivity contribution in [2.75, 3.05) is 0 Å². The number of benzene rings is 5. The molecule has 0 N–H and O–H groups in total. The van der Waals surface area contributed by atoms with Crippen LogP contribution in [0.15, 0.2) is 174 Å². The molecule has 0 fully saturated rings. The third kappa shape index (κ3) is 4.78. The standard InChI is InChI=1S/C44H32N2S/c1-29-13-5-6-16-34(29)39-28-32(30-14-3-2-4-15-30)27-38(45-39)31-23-25-33(26-24-31)46-40-20-10-7-17-35(40)43-36-18-8-11-21-41(36)47-42-22-12-9-19-37(42)44(43)46/h2-29,34H,1H3. The van der Waals surface area contributed by atoms with Gasteiger partial charge in [0.15, 0.2) is 0 Å². The Hall–Kier alpha value is -5.38. The fourth-order valence-electron chi connectivity index (χ4n) is 7.20. The van der Waals surface area contributed by atoms with Gasteiger partial charge < -0.3 is 4.57 Å². The van der Waals surface area contributed by atoms with Gasteiger partial charge in [-0.2, -0.15) is 0 Å². The lowest BCUT2D eigenvalue weighted by Crippen LogP contribution is -2.10. The highest BCUT2D eigenvalue weighted by Gasteiger charge is 2.27. The van der Waals surface area contributed by atoms with Crippen molar-refractivity contribution in [1.29, 1.82) is 0 Å². The van der Waals surface area contributed by atoms with Crippen LogP contribution in [-0.2, 0) is 0 Å². The number of hydrogen-bond acceptors (Lipinski definition) is 2. The van der Waals surface area contributed by atoms with Crippen LogP contribution in [-0.4, -0.2) is 9.55 Å². The molecule has 0 saturated heterocycles. The number of hydrogen-bond donors (Lipinski definition) is 0. The number of para-hydroxylation sites is 1. The summed E-state index contributed by atoms with van der Waals surface area (Å²) >= 11 is 1.86. The van der Waals surface area contributed by atoms with Gasteiger partial charge in [0.25, 0.3) is 0 Å². The van der Waals surface area contributed by atoms with Gasteiger partial charge in [-0.05, 0) is 65.1 Å². The summed E-state index contributed by atoms with van der Waals surface area (Å²) in [7, 11) is 0. The summed E-state index contributed by atoms with van der Waals surface area (Å²) in [6, 6.07) is 50.6. The van der Waals surface area contributed by atoms with E-state index in [0.29, 0.717) is 5.92 Å². The molecule has 0 bridgehead atoms. The first-order valence-corrected chi connectivity index (χ1v) is 17.1. The van der Waals surface area contributed by atoms with E-state index in [0.717, 1.165) is 22.6 Å². The number of pyridine rings is 1. The van der Waals surface area contributed by atoms with Gasteiger partial charge in [0.2, 0.25) is 0 Å². The van der Waals surface area contributed by atoms with Crippen LogP contribution in [0.1, 0.15) is 18.5 Å². The zero-order valence-electron chi connectivity index (χ0n) is 26.0. The topological polar surface area (TPSA) is 17.8 Å². The second-order valence-corrected chi connectivity index (χ2v) is 13.5. The third-order valence-corrected chi connectivity index (χ3v) is 10.7. The second kappa shape index (κ2) is 11.5. The summed E-state index contributed by atoms with van der Waals surface area (Å²) in [6.07, 6.45) is 8.85. The normalized spacial score (nSPS) is 16.4. The minimum atomic E-state index is 0.240. The van der Waals surface area contributed by atoms with Crippen molar-refractivity contribution < 1.29 is 0 Å². The summed E-state index contributed by atoms with van der Waals surface area (Å²) in [5, 5.41) is 1.27. The van der Waals surface area contributed by atoms with Gasteiger partial charge in [-0.25, -0.2) is 0 Å². The molecule has 0 saturated carbocycles. The van der Waals surface area contributed by atoms with Crippen molar-refractivity contribution in [3.8, 4) is 50.5 Å². The maximum atomic E-state index is 5.29. The van der Waals surface area contributed by atoms with E-state index in [1.54, 1.807) is 0 Å². The van der Waals surface area contributed by atoms with E-state index in [1.165, 1.54) is 54.2 Å². The molecule has 47 heavy (non-hydrogen) atoms. The Morgan fingerprint density at radius 2 is 1.28 bits per heavy atom. The molecule has 0 spiro atoms. The zero-order chi connectivity index (χ0) is 31.3. The summed E-state index contributed by atoms with van der Waals surface area (Å²) < 4.78 is 2.45. The molecule has 7 aromatic rings.